The summed E-state index contributed by atoms with van der Waals surface area (Å²) in [5.74, 6) is 0.699. The number of alkyl halides is 4. The molecule has 0 heterocycles. The van der Waals surface area contributed by atoms with E-state index < -0.39 is 12.8 Å². The van der Waals surface area contributed by atoms with E-state index in [1.54, 1.807) is 31.4 Å². The van der Waals surface area contributed by atoms with Gasteiger partial charge in [-0.25, -0.2) is 0 Å². The highest BCUT2D eigenvalue weighted by atomic mass is 79.9. The zero-order chi connectivity index (χ0) is 12.9. The molecule has 0 aliphatic heterocycles. The molecular weight excluding hydrogens is 301 g/mol. The summed E-state index contributed by atoms with van der Waals surface area (Å²) < 4.78 is 45.1. The zero-order valence-electron chi connectivity index (χ0n) is 9.13. The van der Waals surface area contributed by atoms with Crippen molar-refractivity contribution < 1.29 is 22.6 Å². The van der Waals surface area contributed by atoms with E-state index in [1.807, 2.05) is 0 Å². The standard InChI is InChI=1S/C11H12BrF3O2/c1-16-9-4-2-8(3-5-9)10(12)6-17-7-11(13,14)15/h2-5,10H,6-7H2,1H3. The van der Waals surface area contributed by atoms with Crippen LogP contribution < -0.4 is 4.74 Å². The minimum absolute atomic E-state index is 0.0359. The normalized spacial score (nSPS) is 13.5. The van der Waals surface area contributed by atoms with Crippen LogP contribution in [0.15, 0.2) is 24.3 Å². The van der Waals surface area contributed by atoms with Crippen molar-refractivity contribution in [1.29, 1.82) is 0 Å². The van der Waals surface area contributed by atoms with Crippen molar-refractivity contribution >= 4 is 15.9 Å². The molecule has 1 aromatic rings. The van der Waals surface area contributed by atoms with E-state index >= 15 is 0 Å². The van der Waals surface area contributed by atoms with E-state index in [2.05, 4.69) is 20.7 Å². The maximum atomic E-state index is 11.9. The molecule has 1 rings (SSSR count). The number of halogens is 4. The molecule has 6 heteroatoms. The van der Waals surface area contributed by atoms with Crippen LogP contribution in [-0.2, 0) is 4.74 Å². The van der Waals surface area contributed by atoms with Gasteiger partial charge in [-0.2, -0.15) is 13.2 Å². The summed E-state index contributed by atoms with van der Waals surface area (Å²) in [5.41, 5.74) is 0.841. The van der Waals surface area contributed by atoms with Crippen LogP contribution in [0.1, 0.15) is 10.4 Å². The first-order valence-electron chi connectivity index (χ1n) is 4.85. The van der Waals surface area contributed by atoms with Gasteiger partial charge in [-0.05, 0) is 17.7 Å². The number of methoxy groups -OCH3 is 1. The molecule has 0 aliphatic carbocycles. The first-order chi connectivity index (χ1) is 7.92. The molecule has 0 radical (unpaired) electrons. The molecule has 0 saturated carbocycles. The topological polar surface area (TPSA) is 18.5 Å². The Morgan fingerprint density at radius 3 is 2.29 bits per heavy atom. The summed E-state index contributed by atoms with van der Waals surface area (Å²) in [7, 11) is 1.55. The Bertz CT molecular complexity index is 338. The van der Waals surface area contributed by atoms with Gasteiger partial charge in [-0.3, -0.25) is 0 Å². The van der Waals surface area contributed by atoms with Crippen LogP contribution in [0.2, 0.25) is 0 Å². The molecule has 96 valence electrons. The van der Waals surface area contributed by atoms with Gasteiger partial charge in [0.2, 0.25) is 0 Å². The fourth-order valence-corrected chi connectivity index (χ4v) is 1.68. The lowest BCUT2D eigenvalue weighted by Gasteiger charge is -2.12. The molecule has 0 N–H and O–H groups in total. The fraction of sp³-hybridized carbons (Fsp3) is 0.455. The van der Waals surface area contributed by atoms with E-state index in [4.69, 9.17) is 4.74 Å². The predicted octanol–water partition coefficient (Wildman–Crippen LogP) is 3.71. The molecule has 17 heavy (non-hydrogen) atoms. The Kier molecular flexibility index (Phi) is 5.27. The molecule has 0 fully saturated rings. The average Bonchev–Trinajstić information content (AvgIpc) is 2.27. The second-order valence-electron chi connectivity index (χ2n) is 3.37. The number of benzene rings is 1. The molecule has 0 aromatic heterocycles. The van der Waals surface area contributed by atoms with Crippen LogP contribution in [0.25, 0.3) is 0 Å². The summed E-state index contributed by atoms with van der Waals surface area (Å²) in [6.07, 6.45) is -4.29. The van der Waals surface area contributed by atoms with E-state index in [0.717, 1.165) is 5.56 Å². The van der Waals surface area contributed by atoms with Crippen molar-refractivity contribution in [3.63, 3.8) is 0 Å². The molecular formula is C11H12BrF3O2. The second kappa shape index (κ2) is 6.26. The Morgan fingerprint density at radius 2 is 1.82 bits per heavy atom. The van der Waals surface area contributed by atoms with Gasteiger partial charge in [-0.1, -0.05) is 28.1 Å². The van der Waals surface area contributed by atoms with E-state index in [0.29, 0.717) is 5.75 Å². The minimum atomic E-state index is -4.29. The van der Waals surface area contributed by atoms with Gasteiger partial charge in [0.1, 0.15) is 12.4 Å². The first-order valence-corrected chi connectivity index (χ1v) is 5.76. The SMILES string of the molecule is COc1ccc(C(Br)COCC(F)(F)F)cc1. The van der Waals surface area contributed by atoms with E-state index in [9.17, 15) is 13.2 Å². The monoisotopic (exact) mass is 312 g/mol. The van der Waals surface area contributed by atoms with Gasteiger partial charge in [0.05, 0.1) is 18.5 Å². The summed E-state index contributed by atoms with van der Waals surface area (Å²) in [4.78, 5) is -0.268. The average molecular weight is 313 g/mol. The summed E-state index contributed by atoms with van der Waals surface area (Å²) in [6.45, 7) is -1.27. The zero-order valence-corrected chi connectivity index (χ0v) is 10.7. The van der Waals surface area contributed by atoms with Crippen LogP contribution in [0.3, 0.4) is 0 Å². The predicted molar refractivity (Wildman–Crippen MR) is 61.5 cm³/mol. The quantitative estimate of drug-likeness (QED) is 0.772. The van der Waals surface area contributed by atoms with Crippen molar-refractivity contribution in [2.45, 2.75) is 11.0 Å². The van der Waals surface area contributed by atoms with Gasteiger partial charge < -0.3 is 9.47 Å². The fourth-order valence-electron chi connectivity index (χ4n) is 1.19. The lowest BCUT2D eigenvalue weighted by molar-refractivity contribution is -0.173. The van der Waals surface area contributed by atoms with Crippen LogP contribution in [-0.4, -0.2) is 26.5 Å². The Hall–Kier alpha value is -0.750. The third-order valence-electron chi connectivity index (χ3n) is 2.01. The Labute approximate surface area is 106 Å². The number of ether oxygens (including phenoxy) is 2. The molecule has 0 aliphatic rings. The van der Waals surface area contributed by atoms with Crippen LogP contribution in [0.5, 0.6) is 5.75 Å². The first kappa shape index (κ1) is 14.3. The highest BCUT2D eigenvalue weighted by Crippen LogP contribution is 2.25. The largest absolute Gasteiger partial charge is 0.497 e. The highest BCUT2D eigenvalue weighted by molar-refractivity contribution is 9.09. The van der Waals surface area contributed by atoms with Crippen LogP contribution >= 0.6 is 15.9 Å². The molecule has 0 spiro atoms. The van der Waals surface area contributed by atoms with Gasteiger partial charge in [0.25, 0.3) is 0 Å². The number of rotatable bonds is 5. The summed E-state index contributed by atoms with van der Waals surface area (Å²) >= 11 is 3.27. The van der Waals surface area contributed by atoms with E-state index in [1.165, 1.54) is 0 Å². The molecule has 1 atom stereocenters. The lowest BCUT2D eigenvalue weighted by atomic mass is 10.1. The second-order valence-corrected chi connectivity index (χ2v) is 4.48. The van der Waals surface area contributed by atoms with Gasteiger partial charge >= 0.3 is 6.18 Å². The van der Waals surface area contributed by atoms with E-state index in [-0.39, 0.29) is 11.4 Å². The minimum Gasteiger partial charge on any atom is -0.497 e. The maximum Gasteiger partial charge on any atom is 0.411 e. The molecule has 1 unspecified atom stereocenters. The third-order valence-corrected chi connectivity index (χ3v) is 2.80. The maximum absolute atomic E-state index is 11.9. The van der Waals surface area contributed by atoms with Gasteiger partial charge in [-0.15, -0.1) is 0 Å². The summed E-state index contributed by atoms with van der Waals surface area (Å²) in [6, 6.07) is 7.03. The summed E-state index contributed by atoms with van der Waals surface area (Å²) in [5, 5.41) is 0. The number of hydrogen-bond donors (Lipinski definition) is 0. The third kappa shape index (κ3) is 5.41. The van der Waals surface area contributed by atoms with Crippen molar-refractivity contribution in [1.82, 2.24) is 0 Å². The smallest absolute Gasteiger partial charge is 0.411 e. The molecule has 0 bridgehead atoms. The molecule has 0 saturated heterocycles. The molecule has 0 amide bonds. The van der Waals surface area contributed by atoms with Crippen LogP contribution in [0.4, 0.5) is 13.2 Å². The van der Waals surface area contributed by atoms with Crippen molar-refractivity contribution in [2.75, 3.05) is 20.3 Å². The van der Waals surface area contributed by atoms with Crippen LogP contribution in [0, 0.1) is 0 Å². The van der Waals surface area contributed by atoms with Gasteiger partial charge in [0, 0.05) is 0 Å². The molecule has 1 aromatic carbocycles. The van der Waals surface area contributed by atoms with Crippen molar-refractivity contribution in [3.8, 4) is 5.75 Å². The lowest BCUT2D eigenvalue weighted by Crippen LogP contribution is -2.18. The highest BCUT2D eigenvalue weighted by Gasteiger charge is 2.27. The number of hydrogen-bond acceptors (Lipinski definition) is 2. The van der Waals surface area contributed by atoms with Crippen molar-refractivity contribution in [3.05, 3.63) is 29.8 Å². The van der Waals surface area contributed by atoms with Gasteiger partial charge in [0.15, 0.2) is 0 Å². The Morgan fingerprint density at radius 1 is 1.24 bits per heavy atom. The van der Waals surface area contributed by atoms with Crippen molar-refractivity contribution in [2.24, 2.45) is 0 Å². The Balaban J connectivity index is 2.43. The molecule has 2 nitrogen and oxygen atoms in total.